The molecule has 1 heterocycles. The van der Waals surface area contributed by atoms with Gasteiger partial charge in [0.15, 0.2) is 0 Å². The molecular weight excluding hydrogens is 222 g/mol. The van der Waals surface area contributed by atoms with E-state index < -0.39 is 12.0 Å². The Labute approximate surface area is 102 Å². The molecular formula is C12H23NO4. The molecule has 17 heavy (non-hydrogen) atoms. The Balaban J connectivity index is 2.14. The quantitative estimate of drug-likeness (QED) is 0.664. The summed E-state index contributed by atoms with van der Waals surface area (Å²) in [4.78, 5) is 10.9. The molecule has 2 N–H and O–H groups in total. The fraction of sp³-hybridized carbons (Fsp3) is 0.917. The summed E-state index contributed by atoms with van der Waals surface area (Å²) in [7, 11) is 0. The maximum absolute atomic E-state index is 10.9. The highest BCUT2D eigenvalue weighted by Crippen LogP contribution is 2.14. The lowest BCUT2D eigenvalue weighted by Gasteiger charge is -2.22. The van der Waals surface area contributed by atoms with E-state index in [1.807, 2.05) is 6.92 Å². The van der Waals surface area contributed by atoms with Gasteiger partial charge in [0.05, 0.1) is 6.61 Å². The highest BCUT2D eigenvalue weighted by molar-refractivity contribution is 5.73. The molecule has 1 aliphatic rings. The third-order valence-corrected chi connectivity index (χ3v) is 2.92. The van der Waals surface area contributed by atoms with Gasteiger partial charge >= 0.3 is 5.97 Å². The molecule has 1 unspecified atom stereocenters. The molecule has 0 saturated carbocycles. The van der Waals surface area contributed by atoms with Crippen LogP contribution in [0, 0.1) is 5.92 Å². The van der Waals surface area contributed by atoms with Gasteiger partial charge in [-0.05, 0) is 31.7 Å². The predicted octanol–water partition coefficient (Wildman–Crippen LogP) is 0.882. The van der Waals surface area contributed by atoms with Crippen LogP contribution in [0.3, 0.4) is 0 Å². The molecule has 1 atom stereocenters. The number of carboxylic acids is 1. The minimum absolute atomic E-state index is 0.243. The molecule has 0 aromatic heterocycles. The summed E-state index contributed by atoms with van der Waals surface area (Å²) in [6.45, 7) is 5.19. The van der Waals surface area contributed by atoms with Gasteiger partial charge in [-0.3, -0.25) is 4.79 Å². The average Bonchev–Trinajstić information content (AvgIpc) is 2.34. The van der Waals surface area contributed by atoms with Gasteiger partial charge in [-0.2, -0.15) is 0 Å². The number of rotatable bonds is 8. The van der Waals surface area contributed by atoms with Crippen LogP contribution in [-0.4, -0.2) is 50.1 Å². The van der Waals surface area contributed by atoms with Crippen molar-refractivity contribution < 1.29 is 19.4 Å². The number of hydrogen-bond acceptors (Lipinski definition) is 4. The van der Waals surface area contributed by atoms with Crippen molar-refractivity contribution >= 4 is 5.97 Å². The van der Waals surface area contributed by atoms with Gasteiger partial charge in [0.2, 0.25) is 0 Å². The highest BCUT2D eigenvalue weighted by Gasteiger charge is 2.18. The number of hydrogen-bond donors (Lipinski definition) is 2. The van der Waals surface area contributed by atoms with Gasteiger partial charge in [0, 0.05) is 19.8 Å². The van der Waals surface area contributed by atoms with Crippen LogP contribution in [0.5, 0.6) is 0 Å². The Morgan fingerprint density at radius 3 is 2.82 bits per heavy atom. The van der Waals surface area contributed by atoms with Crippen molar-refractivity contribution in [1.29, 1.82) is 0 Å². The minimum atomic E-state index is -0.842. The monoisotopic (exact) mass is 245 g/mol. The molecule has 0 aromatic carbocycles. The largest absolute Gasteiger partial charge is 0.480 e. The van der Waals surface area contributed by atoms with Crippen LogP contribution in [0.15, 0.2) is 0 Å². The standard InChI is InChI=1S/C12H23NO4/c1-2-5-13-11(12(14)15)9-17-8-10-3-6-16-7-4-10/h10-11,13H,2-9H2,1H3,(H,14,15). The molecule has 1 saturated heterocycles. The molecule has 5 nitrogen and oxygen atoms in total. The van der Waals surface area contributed by atoms with E-state index in [-0.39, 0.29) is 6.61 Å². The lowest BCUT2D eigenvalue weighted by atomic mass is 10.0. The molecule has 0 aromatic rings. The van der Waals surface area contributed by atoms with Crippen LogP contribution in [0.25, 0.3) is 0 Å². The third-order valence-electron chi connectivity index (χ3n) is 2.92. The van der Waals surface area contributed by atoms with Crippen molar-refractivity contribution in [3.8, 4) is 0 Å². The van der Waals surface area contributed by atoms with E-state index in [2.05, 4.69) is 5.32 Å². The molecule has 1 fully saturated rings. The second-order valence-corrected chi connectivity index (χ2v) is 4.44. The summed E-state index contributed by atoms with van der Waals surface area (Å²) in [5.41, 5.74) is 0. The number of ether oxygens (including phenoxy) is 2. The number of carboxylic acid groups (broad SMARTS) is 1. The molecule has 1 aliphatic heterocycles. The highest BCUT2D eigenvalue weighted by atomic mass is 16.5. The van der Waals surface area contributed by atoms with Crippen LogP contribution in [-0.2, 0) is 14.3 Å². The van der Waals surface area contributed by atoms with Gasteiger partial charge in [-0.15, -0.1) is 0 Å². The topological polar surface area (TPSA) is 67.8 Å². The van der Waals surface area contributed by atoms with E-state index in [0.717, 1.165) is 32.5 Å². The number of carbonyl (C=O) groups is 1. The van der Waals surface area contributed by atoms with Crippen molar-refractivity contribution in [2.24, 2.45) is 5.92 Å². The Morgan fingerprint density at radius 1 is 1.53 bits per heavy atom. The molecule has 1 rings (SSSR count). The van der Waals surface area contributed by atoms with E-state index in [0.29, 0.717) is 19.1 Å². The van der Waals surface area contributed by atoms with Crippen molar-refractivity contribution in [3.63, 3.8) is 0 Å². The third kappa shape index (κ3) is 6.00. The fourth-order valence-electron chi connectivity index (χ4n) is 1.80. The first-order valence-electron chi connectivity index (χ1n) is 6.35. The van der Waals surface area contributed by atoms with Gasteiger partial charge < -0.3 is 19.9 Å². The smallest absolute Gasteiger partial charge is 0.323 e. The summed E-state index contributed by atoms with van der Waals surface area (Å²) in [6, 6.07) is -0.588. The number of aliphatic carboxylic acids is 1. The van der Waals surface area contributed by atoms with Crippen LogP contribution in [0.4, 0.5) is 0 Å². The van der Waals surface area contributed by atoms with E-state index in [1.165, 1.54) is 0 Å². The summed E-state index contributed by atoms with van der Waals surface area (Å²) in [6.07, 6.45) is 2.95. The Hall–Kier alpha value is -0.650. The maximum atomic E-state index is 10.9. The second-order valence-electron chi connectivity index (χ2n) is 4.44. The van der Waals surface area contributed by atoms with E-state index in [9.17, 15) is 4.79 Å². The van der Waals surface area contributed by atoms with Gasteiger partial charge in [0.1, 0.15) is 6.04 Å². The molecule has 0 radical (unpaired) electrons. The van der Waals surface area contributed by atoms with Crippen molar-refractivity contribution in [3.05, 3.63) is 0 Å². The lowest BCUT2D eigenvalue weighted by molar-refractivity contribution is -0.141. The summed E-state index contributed by atoms with van der Waals surface area (Å²) in [5, 5.41) is 11.9. The first-order valence-corrected chi connectivity index (χ1v) is 6.35. The van der Waals surface area contributed by atoms with Crippen molar-refractivity contribution in [2.75, 3.05) is 33.0 Å². The van der Waals surface area contributed by atoms with E-state index >= 15 is 0 Å². The normalized spacial score (nSPS) is 19.1. The Morgan fingerprint density at radius 2 is 2.24 bits per heavy atom. The van der Waals surface area contributed by atoms with Gasteiger partial charge in [-0.25, -0.2) is 0 Å². The zero-order valence-electron chi connectivity index (χ0n) is 10.5. The summed E-state index contributed by atoms with van der Waals surface area (Å²) >= 11 is 0. The molecule has 100 valence electrons. The molecule has 0 spiro atoms. The molecule has 0 amide bonds. The maximum Gasteiger partial charge on any atom is 0.323 e. The number of nitrogens with one attached hydrogen (secondary N) is 1. The first kappa shape index (κ1) is 14.4. The molecule has 0 bridgehead atoms. The van der Waals surface area contributed by atoms with Crippen LogP contribution >= 0.6 is 0 Å². The average molecular weight is 245 g/mol. The lowest BCUT2D eigenvalue weighted by Crippen LogP contribution is -2.41. The van der Waals surface area contributed by atoms with Crippen LogP contribution in [0.2, 0.25) is 0 Å². The second kappa shape index (κ2) is 8.44. The van der Waals surface area contributed by atoms with Crippen LogP contribution in [0.1, 0.15) is 26.2 Å². The summed E-state index contributed by atoms with van der Waals surface area (Å²) in [5.74, 6) is -0.324. The van der Waals surface area contributed by atoms with Crippen LogP contribution < -0.4 is 5.32 Å². The summed E-state index contributed by atoms with van der Waals surface area (Å²) < 4.78 is 10.8. The zero-order valence-corrected chi connectivity index (χ0v) is 10.5. The first-order chi connectivity index (χ1) is 8.24. The van der Waals surface area contributed by atoms with E-state index in [4.69, 9.17) is 14.6 Å². The van der Waals surface area contributed by atoms with Gasteiger partial charge in [0.25, 0.3) is 0 Å². The van der Waals surface area contributed by atoms with E-state index in [1.54, 1.807) is 0 Å². The Kier molecular flexibility index (Phi) is 7.16. The zero-order chi connectivity index (χ0) is 12.5. The van der Waals surface area contributed by atoms with Crippen molar-refractivity contribution in [1.82, 2.24) is 5.32 Å². The minimum Gasteiger partial charge on any atom is -0.480 e. The van der Waals surface area contributed by atoms with Gasteiger partial charge in [-0.1, -0.05) is 6.92 Å². The van der Waals surface area contributed by atoms with Crippen molar-refractivity contribution in [2.45, 2.75) is 32.2 Å². The fourth-order valence-corrected chi connectivity index (χ4v) is 1.80. The SMILES string of the molecule is CCCNC(COCC1CCOCC1)C(=O)O. The molecule has 0 aliphatic carbocycles. The predicted molar refractivity (Wildman–Crippen MR) is 64.1 cm³/mol. The Bertz CT molecular complexity index is 217. The molecule has 5 heteroatoms.